The number of hydrogen-bond donors (Lipinski definition) is 2. The molecule has 0 atom stereocenters. The van der Waals surface area contributed by atoms with Gasteiger partial charge in [0, 0.05) is 66.6 Å². The van der Waals surface area contributed by atoms with Gasteiger partial charge in [-0.25, -0.2) is 0 Å². The van der Waals surface area contributed by atoms with E-state index in [9.17, 15) is 0 Å². The largest absolute Gasteiger partial charge is 0.385 e. The molecule has 1 aromatic rings. The third-order valence-corrected chi connectivity index (χ3v) is 5.05. The van der Waals surface area contributed by atoms with E-state index in [4.69, 9.17) is 4.74 Å². The number of hydrogen-bond acceptors (Lipinski definition) is 4. The molecule has 152 valence electrons. The lowest BCUT2D eigenvalue weighted by atomic mass is 10.00. The van der Waals surface area contributed by atoms with Gasteiger partial charge in [-0.2, -0.15) is 0 Å². The number of aliphatic imine (C=N–C) groups is 1. The van der Waals surface area contributed by atoms with Crippen molar-refractivity contribution in [3.8, 4) is 0 Å². The molecule has 0 amide bonds. The standard InChI is InChI=1S/C21H37N5O/c1-22-21(24-12-16-25(2)13-7-17-27-3)23-11-6-14-26-15-10-19-8-4-5-9-20(19)18-26/h4-5,8-9H,6-7,10-18H2,1-3H3,(H2,22,23,24). The molecule has 6 nitrogen and oxygen atoms in total. The average molecular weight is 376 g/mol. The van der Waals surface area contributed by atoms with Crippen LogP contribution in [0.2, 0.25) is 0 Å². The van der Waals surface area contributed by atoms with Gasteiger partial charge in [-0.05, 0) is 37.4 Å². The summed E-state index contributed by atoms with van der Waals surface area (Å²) in [6.45, 7) is 8.09. The number of benzene rings is 1. The Labute approximate surface area is 165 Å². The maximum absolute atomic E-state index is 5.09. The van der Waals surface area contributed by atoms with Crippen LogP contribution >= 0.6 is 0 Å². The van der Waals surface area contributed by atoms with E-state index in [-0.39, 0.29) is 0 Å². The normalized spacial score (nSPS) is 15.0. The van der Waals surface area contributed by atoms with E-state index >= 15 is 0 Å². The zero-order valence-electron chi connectivity index (χ0n) is 17.3. The molecule has 0 saturated carbocycles. The zero-order chi connectivity index (χ0) is 19.3. The van der Waals surface area contributed by atoms with Crippen LogP contribution in [0.15, 0.2) is 29.3 Å². The van der Waals surface area contributed by atoms with E-state index < -0.39 is 0 Å². The molecule has 2 N–H and O–H groups in total. The van der Waals surface area contributed by atoms with E-state index in [0.717, 1.165) is 64.7 Å². The minimum absolute atomic E-state index is 0.823. The highest BCUT2D eigenvalue weighted by atomic mass is 16.5. The highest BCUT2D eigenvalue weighted by Crippen LogP contribution is 2.18. The van der Waals surface area contributed by atoms with Crippen LogP contribution in [0.4, 0.5) is 0 Å². The smallest absolute Gasteiger partial charge is 0.191 e. The van der Waals surface area contributed by atoms with Gasteiger partial charge in [0.15, 0.2) is 5.96 Å². The number of methoxy groups -OCH3 is 1. The topological polar surface area (TPSA) is 52.1 Å². The molecule has 27 heavy (non-hydrogen) atoms. The Kier molecular flexibility index (Phi) is 10.2. The molecular weight excluding hydrogens is 338 g/mol. The van der Waals surface area contributed by atoms with Crippen LogP contribution < -0.4 is 10.6 Å². The van der Waals surface area contributed by atoms with E-state index in [1.165, 1.54) is 24.1 Å². The summed E-state index contributed by atoms with van der Waals surface area (Å²) in [5.74, 6) is 0.893. The van der Waals surface area contributed by atoms with Crippen LogP contribution in [0.5, 0.6) is 0 Å². The Bertz CT molecular complexity index is 563. The Morgan fingerprint density at radius 2 is 1.93 bits per heavy atom. The second kappa shape index (κ2) is 12.7. The maximum Gasteiger partial charge on any atom is 0.191 e. The molecule has 1 aliphatic rings. The highest BCUT2D eigenvalue weighted by molar-refractivity contribution is 5.79. The number of fused-ring (bicyclic) bond motifs is 1. The first kappa shape index (κ1) is 21.7. The quantitative estimate of drug-likeness (QED) is 0.349. The zero-order valence-corrected chi connectivity index (χ0v) is 17.3. The van der Waals surface area contributed by atoms with Gasteiger partial charge >= 0.3 is 0 Å². The molecule has 0 fully saturated rings. The third kappa shape index (κ3) is 8.28. The number of guanidine groups is 1. The Balaban J connectivity index is 1.55. The first-order valence-electron chi connectivity index (χ1n) is 10.1. The van der Waals surface area contributed by atoms with Gasteiger partial charge in [0.25, 0.3) is 0 Å². The lowest BCUT2D eigenvalue weighted by Gasteiger charge is -2.28. The molecular formula is C21H37N5O. The van der Waals surface area contributed by atoms with Gasteiger partial charge in [-0.1, -0.05) is 24.3 Å². The van der Waals surface area contributed by atoms with Gasteiger partial charge in [-0.3, -0.25) is 9.89 Å². The van der Waals surface area contributed by atoms with Gasteiger partial charge in [0.1, 0.15) is 0 Å². The number of ether oxygens (including phenoxy) is 1. The van der Waals surface area contributed by atoms with Gasteiger partial charge in [-0.15, -0.1) is 0 Å². The van der Waals surface area contributed by atoms with Crippen LogP contribution in [0.25, 0.3) is 0 Å². The number of rotatable bonds is 11. The minimum Gasteiger partial charge on any atom is -0.385 e. The van der Waals surface area contributed by atoms with E-state index in [0.29, 0.717) is 0 Å². The van der Waals surface area contributed by atoms with Crippen LogP contribution in [0, 0.1) is 0 Å². The van der Waals surface area contributed by atoms with Crippen molar-refractivity contribution in [1.29, 1.82) is 0 Å². The lowest BCUT2D eigenvalue weighted by Crippen LogP contribution is -2.42. The maximum atomic E-state index is 5.09. The van der Waals surface area contributed by atoms with Crippen molar-refractivity contribution in [2.45, 2.75) is 25.8 Å². The predicted molar refractivity (Wildman–Crippen MR) is 113 cm³/mol. The molecule has 6 heteroatoms. The molecule has 1 heterocycles. The fraction of sp³-hybridized carbons (Fsp3) is 0.667. The summed E-state index contributed by atoms with van der Waals surface area (Å²) in [4.78, 5) is 9.18. The number of likely N-dealkylation sites (N-methyl/N-ethyl adjacent to an activating group) is 1. The summed E-state index contributed by atoms with van der Waals surface area (Å²) in [5.41, 5.74) is 3.01. The first-order valence-corrected chi connectivity index (χ1v) is 10.1. The second-order valence-corrected chi connectivity index (χ2v) is 7.22. The molecule has 0 spiro atoms. The van der Waals surface area contributed by atoms with Crippen LogP contribution in [-0.2, 0) is 17.7 Å². The van der Waals surface area contributed by atoms with Crippen molar-refractivity contribution in [3.05, 3.63) is 35.4 Å². The van der Waals surface area contributed by atoms with Crippen molar-refractivity contribution >= 4 is 5.96 Å². The van der Waals surface area contributed by atoms with Crippen molar-refractivity contribution < 1.29 is 4.74 Å². The molecule has 0 radical (unpaired) electrons. The minimum atomic E-state index is 0.823. The van der Waals surface area contributed by atoms with Crippen molar-refractivity contribution in [3.63, 3.8) is 0 Å². The Morgan fingerprint density at radius 1 is 1.15 bits per heavy atom. The van der Waals surface area contributed by atoms with Crippen LogP contribution in [0.3, 0.4) is 0 Å². The summed E-state index contributed by atoms with van der Waals surface area (Å²) in [6.07, 6.45) is 3.37. The summed E-state index contributed by atoms with van der Waals surface area (Å²) < 4.78 is 5.09. The fourth-order valence-corrected chi connectivity index (χ4v) is 3.43. The highest BCUT2D eigenvalue weighted by Gasteiger charge is 2.14. The Morgan fingerprint density at radius 3 is 2.70 bits per heavy atom. The molecule has 0 bridgehead atoms. The molecule has 0 aromatic heterocycles. The van der Waals surface area contributed by atoms with E-state index in [1.54, 1.807) is 7.11 Å². The van der Waals surface area contributed by atoms with Crippen molar-refractivity contribution in [2.75, 3.05) is 67.1 Å². The molecule has 1 aromatic carbocycles. The van der Waals surface area contributed by atoms with Gasteiger partial charge < -0.3 is 20.3 Å². The van der Waals surface area contributed by atoms with Crippen LogP contribution in [0.1, 0.15) is 24.0 Å². The van der Waals surface area contributed by atoms with E-state index in [2.05, 4.69) is 56.7 Å². The number of nitrogens with one attached hydrogen (secondary N) is 2. The monoisotopic (exact) mass is 375 g/mol. The summed E-state index contributed by atoms with van der Waals surface area (Å²) in [6, 6.07) is 8.82. The summed E-state index contributed by atoms with van der Waals surface area (Å²) in [5, 5.41) is 6.82. The molecule has 2 rings (SSSR count). The molecule has 1 aliphatic heterocycles. The molecule has 0 unspecified atom stereocenters. The summed E-state index contributed by atoms with van der Waals surface area (Å²) in [7, 11) is 5.73. The average Bonchev–Trinajstić information content (AvgIpc) is 2.70. The second-order valence-electron chi connectivity index (χ2n) is 7.22. The first-order chi connectivity index (χ1) is 13.2. The van der Waals surface area contributed by atoms with E-state index in [1.807, 2.05) is 7.05 Å². The van der Waals surface area contributed by atoms with Crippen molar-refractivity contribution in [2.24, 2.45) is 4.99 Å². The van der Waals surface area contributed by atoms with Gasteiger partial charge in [0.2, 0.25) is 0 Å². The fourth-order valence-electron chi connectivity index (χ4n) is 3.43. The molecule has 0 aliphatic carbocycles. The Hall–Kier alpha value is -1.63. The molecule has 0 saturated heterocycles. The van der Waals surface area contributed by atoms with Crippen molar-refractivity contribution in [1.82, 2.24) is 20.4 Å². The SMILES string of the molecule is CN=C(NCCCN1CCc2ccccc2C1)NCCN(C)CCCOC. The third-order valence-electron chi connectivity index (χ3n) is 5.05. The summed E-state index contributed by atoms with van der Waals surface area (Å²) >= 11 is 0. The lowest BCUT2D eigenvalue weighted by molar-refractivity contribution is 0.180. The predicted octanol–water partition coefficient (Wildman–Crippen LogP) is 1.57. The van der Waals surface area contributed by atoms with Gasteiger partial charge in [0.05, 0.1) is 0 Å². The number of nitrogens with zero attached hydrogens (tertiary/aromatic N) is 3. The van der Waals surface area contributed by atoms with Crippen LogP contribution in [-0.4, -0.2) is 82.8 Å².